The van der Waals surface area contributed by atoms with E-state index in [1.54, 1.807) is 12.3 Å². The van der Waals surface area contributed by atoms with Gasteiger partial charge in [0.25, 0.3) is 0 Å². The van der Waals surface area contributed by atoms with Gasteiger partial charge < -0.3 is 0 Å². The highest BCUT2D eigenvalue weighted by Gasteiger charge is 2.21. The first-order chi connectivity index (χ1) is 15.0. The molecule has 31 heavy (non-hydrogen) atoms. The number of aryl methyl sites for hydroxylation is 1. The van der Waals surface area contributed by atoms with Gasteiger partial charge in [0, 0.05) is 22.9 Å². The smallest absolute Gasteiger partial charge is 0.107 e. The Kier molecular flexibility index (Phi) is 15.4. The molecule has 0 unspecified atom stereocenters. The second-order valence-corrected chi connectivity index (χ2v) is 6.60. The molecule has 0 saturated carbocycles. The van der Waals surface area contributed by atoms with Crippen molar-refractivity contribution in [2.75, 3.05) is 4.93 Å². The third kappa shape index (κ3) is 8.50. The Labute approximate surface area is 209 Å². The molecule has 1 aromatic heterocycles. The third-order valence-electron chi connectivity index (χ3n) is 4.07. The van der Waals surface area contributed by atoms with Crippen molar-refractivity contribution in [1.29, 1.82) is 10.8 Å². The molecule has 0 atom stereocenters. The molecule has 0 saturated heterocycles. The molecule has 2 rings (SSSR count). The van der Waals surface area contributed by atoms with Crippen molar-refractivity contribution < 1.29 is 0 Å². The number of allylic oxidation sites excluding steroid dienone is 7. The average Bonchev–Trinajstić information content (AvgIpc) is 2.81. The summed E-state index contributed by atoms with van der Waals surface area (Å²) >= 11 is 5.47. The van der Waals surface area contributed by atoms with Gasteiger partial charge in [0.1, 0.15) is 4.62 Å². The summed E-state index contributed by atoms with van der Waals surface area (Å²) in [5, 5.41) is 17.3. The maximum atomic E-state index is 8.97. The lowest BCUT2D eigenvalue weighted by Crippen LogP contribution is -2.13. The van der Waals surface area contributed by atoms with Crippen molar-refractivity contribution >= 4 is 54.4 Å². The van der Waals surface area contributed by atoms with Crippen molar-refractivity contribution in [3.05, 3.63) is 108 Å². The van der Waals surface area contributed by atoms with Gasteiger partial charge in [-0.05, 0) is 58.0 Å². The molecule has 0 radical (unpaired) electrons. The summed E-state index contributed by atoms with van der Waals surface area (Å²) in [6, 6.07) is 13.3. The number of benzene rings is 1. The van der Waals surface area contributed by atoms with Gasteiger partial charge in [-0.1, -0.05) is 97.7 Å². The van der Waals surface area contributed by atoms with Crippen LogP contribution < -0.4 is 0 Å². The molecule has 2 aromatic rings. The van der Waals surface area contributed by atoms with E-state index in [-0.39, 0.29) is 4.62 Å². The number of pyridine rings is 1. The van der Waals surface area contributed by atoms with Crippen molar-refractivity contribution in [3.63, 3.8) is 0 Å². The Hall–Kier alpha value is -2.12. The second-order valence-electron chi connectivity index (χ2n) is 5.81. The van der Waals surface area contributed by atoms with Crippen LogP contribution in [0.3, 0.4) is 0 Å². The van der Waals surface area contributed by atoms with E-state index < -0.39 is 0 Å². The monoisotopic (exact) mass is 591 g/mol. The molecule has 0 aliphatic carbocycles. The van der Waals surface area contributed by atoms with E-state index in [2.05, 4.69) is 50.1 Å². The zero-order valence-corrected chi connectivity index (χ0v) is 22.6. The van der Waals surface area contributed by atoms with Gasteiger partial charge in [0.2, 0.25) is 0 Å². The molecular weight excluding hydrogens is 561 g/mol. The molecule has 164 valence electrons. The average molecular weight is 592 g/mol. The number of hydrogen-bond donors (Lipinski definition) is 2. The van der Waals surface area contributed by atoms with E-state index in [4.69, 9.17) is 10.8 Å². The van der Waals surface area contributed by atoms with E-state index in [1.807, 2.05) is 93.3 Å². The summed E-state index contributed by atoms with van der Waals surface area (Å²) in [5.41, 5.74) is 4.86. The van der Waals surface area contributed by atoms with E-state index >= 15 is 0 Å². The van der Waals surface area contributed by atoms with Crippen LogP contribution in [0.1, 0.15) is 37.6 Å². The SMILES string of the molecule is C=C\C=C/C(=C\C)C(/C(=N)c1ccccc1C)=C(/C(=N)Br)c1ccccn1.CC.CI. The Morgan fingerprint density at radius 3 is 2.16 bits per heavy atom. The second kappa shape index (κ2) is 16.6. The van der Waals surface area contributed by atoms with E-state index in [0.717, 1.165) is 16.7 Å². The minimum absolute atomic E-state index is 0.181. The summed E-state index contributed by atoms with van der Waals surface area (Å²) < 4.78 is 0.181. The van der Waals surface area contributed by atoms with Crippen molar-refractivity contribution in [3.8, 4) is 0 Å². The fraction of sp³-hybridized carbons (Fsp3) is 0.192. The van der Waals surface area contributed by atoms with Crippen LogP contribution in [0, 0.1) is 17.7 Å². The predicted molar refractivity (Wildman–Crippen MR) is 150 cm³/mol. The molecule has 0 amide bonds. The van der Waals surface area contributed by atoms with E-state index in [1.165, 1.54) is 0 Å². The number of hydrogen-bond acceptors (Lipinski definition) is 3. The predicted octanol–water partition coefficient (Wildman–Crippen LogP) is 8.35. The minimum Gasteiger partial charge on any atom is -0.300 e. The lowest BCUT2D eigenvalue weighted by atomic mass is 9.88. The summed E-state index contributed by atoms with van der Waals surface area (Å²) in [7, 11) is 0. The highest BCUT2D eigenvalue weighted by molar-refractivity contribution is 14.1. The van der Waals surface area contributed by atoms with Crippen LogP contribution in [0.2, 0.25) is 0 Å². The number of aromatic nitrogens is 1. The largest absolute Gasteiger partial charge is 0.300 e. The molecule has 0 aliphatic rings. The molecular formula is C26H31BrIN3. The Morgan fingerprint density at radius 1 is 1.06 bits per heavy atom. The summed E-state index contributed by atoms with van der Waals surface area (Å²) in [6.45, 7) is 11.6. The molecule has 1 aromatic carbocycles. The Bertz CT molecular complexity index is 958. The molecule has 3 nitrogen and oxygen atoms in total. The molecule has 5 heteroatoms. The maximum absolute atomic E-state index is 8.97. The van der Waals surface area contributed by atoms with Gasteiger partial charge in [0.05, 0.1) is 11.4 Å². The first-order valence-electron chi connectivity index (χ1n) is 9.89. The number of halogens is 2. The van der Waals surface area contributed by atoms with Crippen LogP contribution in [-0.2, 0) is 0 Å². The van der Waals surface area contributed by atoms with Crippen LogP contribution in [0.5, 0.6) is 0 Å². The van der Waals surface area contributed by atoms with Crippen molar-refractivity contribution in [1.82, 2.24) is 4.98 Å². The van der Waals surface area contributed by atoms with Crippen LogP contribution in [0.4, 0.5) is 0 Å². The quantitative estimate of drug-likeness (QED) is 0.144. The molecule has 0 fully saturated rings. The zero-order valence-electron chi connectivity index (χ0n) is 18.8. The first kappa shape index (κ1) is 28.9. The van der Waals surface area contributed by atoms with Gasteiger partial charge in [-0.25, -0.2) is 0 Å². The van der Waals surface area contributed by atoms with Gasteiger partial charge in [-0.3, -0.25) is 15.8 Å². The lowest BCUT2D eigenvalue weighted by Gasteiger charge is -2.18. The first-order valence-corrected chi connectivity index (χ1v) is 12.8. The number of nitrogens with zero attached hydrogens (tertiary/aromatic N) is 1. The van der Waals surface area contributed by atoms with E-state index in [9.17, 15) is 0 Å². The highest BCUT2D eigenvalue weighted by Crippen LogP contribution is 2.30. The lowest BCUT2D eigenvalue weighted by molar-refractivity contribution is 1.28. The molecule has 0 spiro atoms. The van der Waals surface area contributed by atoms with Crippen LogP contribution in [0.15, 0.2) is 90.7 Å². The highest BCUT2D eigenvalue weighted by atomic mass is 127. The summed E-state index contributed by atoms with van der Waals surface area (Å²) in [5.74, 6) is 0. The van der Waals surface area contributed by atoms with Crippen molar-refractivity contribution in [2.45, 2.75) is 27.7 Å². The van der Waals surface area contributed by atoms with Gasteiger partial charge in [-0.15, -0.1) is 0 Å². The standard InChI is InChI=1S/C23H22BrN3.C2H6.CH3I/c1-4-6-12-17(5-2)20(22(25)18-13-8-7-11-16(18)3)21(23(24)26)19-14-9-10-15-27-19;2*1-2/h4-15,25-26H,1H2,2-3H3;1-2H3;1H3/b12-6-,17-5+,21-20-,25-22?,26-23?;;. The summed E-state index contributed by atoms with van der Waals surface area (Å²) in [4.78, 5) is 6.39. The fourth-order valence-electron chi connectivity index (χ4n) is 2.76. The third-order valence-corrected chi connectivity index (χ3v) is 4.46. The Morgan fingerprint density at radius 2 is 1.68 bits per heavy atom. The molecule has 2 N–H and O–H groups in total. The number of nitrogens with one attached hydrogen (secondary N) is 2. The van der Waals surface area contributed by atoms with Gasteiger partial charge >= 0.3 is 0 Å². The van der Waals surface area contributed by atoms with Crippen LogP contribution in [-0.4, -0.2) is 20.2 Å². The minimum atomic E-state index is 0.181. The number of rotatable bonds is 7. The Balaban J connectivity index is 0.00000212. The summed E-state index contributed by atoms with van der Waals surface area (Å²) in [6.07, 6.45) is 9.04. The molecule has 1 heterocycles. The molecule has 0 aliphatic heterocycles. The maximum Gasteiger partial charge on any atom is 0.107 e. The van der Waals surface area contributed by atoms with Gasteiger partial charge in [-0.2, -0.15) is 0 Å². The molecule has 0 bridgehead atoms. The van der Waals surface area contributed by atoms with Gasteiger partial charge in [0.15, 0.2) is 0 Å². The van der Waals surface area contributed by atoms with Crippen LogP contribution >= 0.6 is 38.5 Å². The zero-order chi connectivity index (χ0) is 23.8. The van der Waals surface area contributed by atoms with Crippen molar-refractivity contribution in [2.24, 2.45) is 0 Å². The van der Waals surface area contributed by atoms with E-state index in [0.29, 0.717) is 22.6 Å². The van der Waals surface area contributed by atoms with Crippen LogP contribution in [0.25, 0.3) is 5.57 Å². The number of alkyl halides is 1. The fourth-order valence-corrected chi connectivity index (χ4v) is 3.16. The topological polar surface area (TPSA) is 60.6 Å². The normalized spacial score (nSPS) is 11.4.